The van der Waals surface area contributed by atoms with Gasteiger partial charge in [0.2, 0.25) is 5.91 Å². The first-order chi connectivity index (χ1) is 8.65. The Hall–Kier alpha value is -0.210. The summed E-state index contributed by atoms with van der Waals surface area (Å²) < 4.78 is 1.03. The molecule has 1 heterocycles. The van der Waals surface area contributed by atoms with Crippen LogP contribution in [0, 0.1) is 12.8 Å². The van der Waals surface area contributed by atoms with E-state index in [9.17, 15) is 4.79 Å². The van der Waals surface area contributed by atoms with Gasteiger partial charge in [-0.05, 0) is 32.6 Å². The molecule has 6 heteroatoms. The van der Waals surface area contributed by atoms with Gasteiger partial charge in [-0.15, -0.1) is 11.3 Å². The molecule has 0 unspecified atom stereocenters. The summed E-state index contributed by atoms with van der Waals surface area (Å²) in [7, 11) is 0. The SMILES string of the molecule is Cc1nc(C2CCC(C(=O)NN)CC2)sc1CI. The number of alkyl halides is 1. The molecule has 0 saturated heterocycles. The molecule has 1 amide bonds. The van der Waals surface area contributed by atoms with Crippen LogP contribution in [0.1, 0.15) is 47.2 Å². The van der Waals surface area contributed by atoms with Gasteiger partial charge in [-0.1, -0.05) is 22.6 Å². The van der Waals surface area contributed by atoms with Crippen LogP contribution < -0.4 is 11.3 Å². The third-order valence-corrected chi connectivity index (χ3v) is 6.22. The number of hydrazine groups is 1. The van der Waals surface area contributed by atoms with Gasteiger partial charge in [0.15, 0.2) is 0 Å². The van der Waals surface area contributed by atoms with Crippen molar-refractivity contribution in [2.75, 3.05) is 0 Å². The molecule has 4 nitrogen and oxygen atoms in total. The lowest BCUT2D eigenvalue weighted by atomic mass is 9.82. The van der Waals surface area contributed by atoms with E-state index in [-0.39, 0.29) is 11.8 Å². The van der Waals surface area contributed by atoms with E-state index in [0.29, 0.717) is 5.92 Å². The number of amides is 1. The Balaban J connectivity index is 1.98. The molecule has 0 aliphatic heterocycles. The second-order valence-corrected chi connectivity index (χ2v) is 6.63. The quantitative estimate of drug-likeness (QED) is 0.279. The molecule has 1 saturated carbocycles. The number of carbonyl (C=O) groups excluding carboxylic acids is 1. The van der Waals surface area contributed by atoms with Crippen molar-refractivity contribution in [2.45, 2.75) is 43.0 Å². The van der Waals surface area contributed by atoms with Gasteiger partial charge in [-0.2, -0.15) is 0 Å². The van der Waals surface area contributed by atoms with Crippen molar-refractivity contribution in [3.05, 3.63) is 15.6 Å². The molecule has 1 fully saturated rings. The van der Waals surface area contributed by atoms with Crippen LogP contribution in [0.25, 0.3) is 0 Å². The van der Waals surface area contributed by atoms with Crippen molar-refractivity contribution >= 4 is 39.8 Å². The number of aryl methyl sites for hydroxylation is 1. The average Bonchev–Trinajstić information content (AvgIpc) is 2.79. The minimum atomic E-state index is -0.0169. The number of thiazole rings is 1. The van der Waals surface area contributed by atoms with Crippen LogP contribution in [0.2, 0.25) is 0 Å². The second-order valence-electron chi connectivity index (χ2n) is 4.75. The first-order valence-electron chi connectivity index (χ1n) is 6.18. The van der Waals surface area contributed by atoms with Crippen LogP contribution >= 0.6 is 33.9 Å². The minimum absolute atomic E-state index is 0.0169. The smallest absolute Gasteiger partial charge is 0.236 e. The molecule has 18 heavy (non-hydrogen) atoms. The van der Waals surface area contributed by atoms with Crippen molar-refractivity contribution in [3.63, 3.8) is 0 Å². The van der Waals surface area contributed by atoms with Crippen LogP contribution in [0.5, 0.6) is 0 Å². The maximum Gasteiger partial charge on any atom is 0.236 e. The lowest BCUT2D eigenvalue weighted by molar-refractivity contribution is -0.126. The molecule has 1 aliphatic rings. The standard InChI is InChI=1S/C12H18IN3OS/c1-7-10(6-13)18-12(15-7)9-4-2-8(3-5-9)11(17)16-14/h8-9H,2-6,14H2,1H3,(H,16,17). The fourth-order valence-corrected chi connectivity index (χ4v) is 4.57. The summed E-state index contributed by atoms with van der Waals surface area (Å²) in [5.41, 5.74) is 3.43. The van der Waals surface area contributed by atoms with Gasteiger partial charge in [-0.25, -0.2) is 10.8 Å². The van der Waals surface area contributed by atoms with E-state index in [1.807, 2.05) is 11.3 Å². The lowest BCUT2D eigenvalue weighted by Gasteiger charge is -2.25. The fourth-order valence-electron chi connectivity index (χ4n) is 2.47. The van der Waals surface area contributed by atoms with E-state index in [4.69, 9.17) is 5.84 Å². The third kappa shape index (κ3) is 3.03. The summed E-state index contributed by atoms with van der Waals surface area (Å²) in [5, 5.41) is 1.26. The monoisotopic (exact) mass is 379 g/mol. The van der Waals surface area contributed by atoms with E-state index in [2.05, 4.69) is 39.9 Å². The molecule has 0 atom stereocenters. The van der Waals surface area contributed by atoms with Crippen molar-refractivity contribution in [2.24, 2.45) is 11.8 Å². The highest BCUT2D eigenvalue weighted by atomic mass is 127. The fraction of sp³-hybridized carbons (Fsp3) is 0.667. The third-order valence-electron chi connectivity index (χ3n) is 3.62. The summed E-state index contributed by atoms with van der Waals surface area (Å²) >= 11 is 4.22. The Bertz CT molecular complexity index is 427. The molecule has 0 aromatic carbocycles. The Kier molecular flexibility index (Phi) is 4.97. The molecule has 2 rings (SSSR count). The predicted octanol–water partition coefficient (Wildman–Crippen LogP) is 2.65. The Labute approximate surface area is 125 Å². The number of nitrogens with one attached hydrogen (secondary N) is 1. The lowest BCUT2D eigenvalue weighted by Crippen LogP contribution is -2.37. The number of hydrogen-bond acceptors (Lipinski definition) is 4. The van der Waals surface area contributed by atoms with E-state index >= 15 is 0 Å². The van der Waals surface area contributed by atoms with E-state index < -0.39 is 0 Å². The van der Waals surface area contributed by atoms with Gasteiger partial charge < -0.3 is 0 Å². The van der Waals surface area contributed by atoms with Crippen molar-refractivity contribution < 1.29 is 4.79 Å². The summed E-state index contributed by atoms with van der Waals surface area (Å²) in [6.45, 7) is 2.08. The second kappa shape index (κ2) is 6.29. The number of halogens is 1. The largest absolute Gasteiger partial charge is 0.294 e. The molecule has 0 radical (unpaired) electrons. The molecule has 1 aromatic heterocycles. The van der Waals surface area contributed by atoms with Gasteiger partial charge in [-0.3, -0.25) is 10.2 Å². The number of nitrogens with zero attached hydrogens (tertiary/aromatic N) is 1. The van der Waals surface area contributed by atoms with Crippen molar-refractivity contribution in [1.82, 2.24) is 10.4 Å². The Morgan fingerprint density at radius 3 is 2.67 bits per heavy atom. The van der Waals surface area contributed by atoms with Gasteiger partial charge in [0.05, 0.1) is 10.7 Å². The molecule has 0 bridgehead atoms. The van der Waals surface area contributed by atoms with Gasteiger partial charge in [0.25, 0.3) is 0 Å². The van der Waals surface area contributed by atoms with Crippen LogP contribution in [-0.2, 0) is 9.22 Å². The molecular formula is C12H18IN3OS. The first-order valence-corrected chi connectivity index (χ1v) is 8.52. The topological polar surface area (TPSA) is 68.0 Å². The van der Waals surface area contributed by atoms with Crippen LogP contribution in [0.3, 0.4) is 0 Å². The summed E-state index contributed by atoms with van der Waals surface area (Å²) in [5.74, 6) is 5.79. The average molecular weight is 379 g/mol. The highest BCUT2D eigenvalue weighted by Gasteiger charge is 2.28. The molecule has 1 aliphatic carbocycles. The van der Waals surface area contributed by atoms with Crippen LogP contribution in [0.15, 0.2) is 0 Å². The van der Waals surface area contributed by atoms with Crippen LogP contribution in [0.4, 0.5) is 0 Å². The zero-order valence-electron chi connectivity index (χ0n) is 10.4. The normalized spacial score (nSPS) is 23.9. The van der Waals surface area contributed by atoms with E-state index in [0.717, 1.165) is 30.1 Å². The van der Waals surface area contributed by atoms with Crippen molar-refractivity contribution in [1.29, 1.82) is 0 Å². The number of rotatable bonds is 3. The summed E-state index contributed by atoms with van der Waals surface area (Å²) in [4.78, 5) is 17.5. The van der Waals surface area contributed by atoms with E-state index in [1.54, 1.807) is 0 Å². The Morgan fingerprint density at radius 1 is 1.50 bits per heavy atom. The van der Waals surface area contributed by atoms with Gasteiger partial charge in [0.1, 0.15) is 0 Å². The molecule has 0 spiro atoms. The molecular weight excluding hydrogens is 361 g/mol. The van der Waals surface area contributed by atoms with Gasteiger partial charge in [0, 0.05) is 21.1 Å². The maximum atomic E-state index is 11.5. The predicted molar refractivity (Wildman–Crippen MR) is 81.6 cm³/mol. The number of nitrogens with two attached hydrogens (primary N) is 1. The number of carbonyl (C=O) groups is 1. The minimum Gasteiger partial charge on any atom is -0.294 e. The highest BCUT2D eigenvalue weighted by Crippen LogP contribution is 2.38. The molecule has 3 N–H and O–H groups in total. The summed E-state index contributed by atoms with van der Waals surface area (Å²) in [6, 6.07) is 0. The molecule has 100 valence electrons. The zero-order valence-corrected chi connectivity index (χ0v) is 13.4. The maximum absolute atomic E-state index is 11.5. The Morgan fingerprint density at radius 2 is 2.17 bits per heavy atom. The van der Waals surface area contributed by atoms with Gasteiger partial charge >= 0.3 is 0 Å². The highest BCUT2D eigenvalue weighted by molar-refractivity contribution is 14.1. The van der Waals surface area contributed by atoms with Crippen molar-refractivity contribution in [3.8, 4) is 0 Å². The first kappa shape index (κ1) is 14.2. The van der Waals surface area contributed by atoms with E-state index in [1.165, 1.54) is 15.6 Å². The number of aromatic nitrogens is 1. The summed E-state index contributed by atoms with van der Waals surface area (Å²) in [6.07, 6.45) is 3.94. The zero-order chi connectivity index (χ0) is 13.1. The number of hydrogen-bond donors (Lipinski definition) is 2. The molecule has 1 aromatic rings. The van der Waals surface area contributed by atoms with Crippen LogP contribution in [-0.4, -0.2) is 10.9 Å².